The van der Waals surface area contributed by atoms with E-state index < -0.39 is 17.9 Å². The van der Waals surface area contributed by atoms with E-state index in [1.807, 2.05) is 41.1 Å². The second-order valence-corrected chi connectivity index (χ2v) is 17.1. The molecule has 5 aliphatic heterocycles. The smallest absolute Gasteiger partial charge is 0.320 e. The Kier molecular flexibility index (Phi) is 11.5. The van der Waals surface area contributed by atoms with Gasteiger partial charge in [-0.25, -0.2) is 14.8 Å². The number of hydrogen-bond donors (Lipinski definition) is 3. The van der Waals surface area contributed by atoms with Gasteiger partial charge >= 0.3 is 6.03 Å². The van der Waals surface area contributed by atoms with Crippen LogP contribution in [0.1, 0.15) is 104 Å². The fourth-order valence-electron chi connectivity index (χ4n) is 9.49. The minimum absolute atomic E-state index is 0. The molecule has 0 spiro atoms. The number of aryl methyl sites for hydroxylation is 1. The van der Waals surface area contributed by atoms with Crippen LogP contribution in [0.4, 0.5) is 22.1 Å². The SMILES string of the molecule is CN1CCN([C@@H]2CCCN(c3cnc(C(N)=O)c(Nc4ccc(C5(C)CCN(C(=O)CCCCc6cccc7c6CN(C6CCC(=O)NC6=O)C7=O)CC5)cc4)n3)C2)C1=O.[HH]. The van der Waals surface area contributed by atoms with Gasteiger partial charge in [-0.3, -0.25) is 29.3 Å². The number of hydrogen-bond acceptors (Lipinski definition) is 10. The lowest BCUT2D eigenvalue weighted by Crippen LogP contribution is -2.52. The molecule has 3 aromatic rings. The van der Waals surface area contributed by atoms with Crippen molar-refractivity contribution in [2.45, 2.75) is 95.2 Å². The van der Waals surface area contributed by atoms with E-state index in [4.69, 9.17) is 10.7 Å². The molecule has 2 aromatic carbocycles. The number of amides is 7. The first-order valence-electron chi connectivity index (χ1n) is 21.2. The van der Waals surface area contributed by atoms with Crippen molar-refractivity contribution in [1.82, 2.24) is 34.9 Å². The molecule has 8 rings (SSSR count). The van der Waals surface area contributed by atoms with E-state index in [1.165, 1.54) is 5.56 Å². The number of primary amides is 1. The molecule has 2 atom stereocenters. The standard InChI is InChI=1S/C44H54N10O6.H2/c1-44(18-21-51(22-19-44)37(56)11-4-3-7-28-8-5-10-32-33(28)27-54(42(32)59)34-16-17-36(55)49-41(34)58)29-12-14-30(15-13-29)47-40-38(39(45)57)46-25-35(48-40)52-20-6-9-31(26-52)53-24-23-50(2)43(53)60;/h5,8,10,12-15,25,31,34H,3-4,6-7,9,11,16-24,26-27H2,1-2H3,(H2,45,57)(H,47,48)(H,49,55,58);1H/t31-,34?;/m1./s1. The van der Waals surface area contributed by atoms with Crippen LogP contribution in [0.15, 0.2) is 48.7 Å². The molecule has 60 heavy (non-hydrogen) atoms. The Morgan fingerprint density at radius 1 is 0.967 bits per heavy atom. The summed E-state index contributed by atoms with van der Waals surface area (Å²) in [4.78, 5) is 94.3. The molecular formula is C44H56N10O6. The summed E-state index contributed by atoms with van der Waals surface area (Å²) in [5.41, 5.74) is 10.2. The normalized spacial score (nSPS) is 21.7. The quantitative estimate of drug-likeness (QED) is 0.178. The van der Waals surface area contributed by atoms with E-state index in [-0.39, 0.29) is 54.6 Å². The lowest BCUT2D eigenvalue weighted by molar-refractivity contribution is -0.137. The molecule has 0 saturated carbocycles. The van der Waals surface area contributed by atoms with Crippen molar-refractivity contribution in [3.63, 3.8) is 0 Å². The first-order chi connectivity index (χ1) is 28.9. The zero-order valence-corrected chi connectivity index (χ0v) is 34.5. The van der Waals surface area contributed by atoms with E-state index in [0.717, 1.165) is 74.8 Å². The van der Waals surface area contributed by atoms with Gasteiger partial charge in [-0.05, 0) is 91.7 Å². The van der Waals surface area contributed by atoms with E-state index in [2.05, 4.69) is 39.6 Å². The van der Waals surface area contributed by atoms with E-state index in [0.29, 0.717) is 56.9 Å². The average Bonchev–Trinajstić information content (AvgIpc) is 3.77. The number of nitrogens with zero attached hydrogens (tertiary/aromatic N) is 7. The number of piperidine rings is 3. The van der Waals surface area contributed by atoms with Crippen molar-refractivity contribution in [1.29, 1.82) is 0 Å². The molecule has 1 unspecified atom stereocenters. The van der Waals surface area contributed by atoms with E-state index in [9.17, 15) is 28.8 Å². The van der Waals surface area contributed by atoms with Crippen LogP contribution >= 0.6 is 0 Å². The van der Waals surface area contributed by atoms with Crippen LogP contribution in [0.2, 0.25) is 0 Å². The highest BCUT2D eigenvalue weighted by Crippen LogP contribution is 2.37. The number of likely N-dealkylation sites (tertiary alicyclic amines) is 1. The number of likely N-dealkylation sites (N-methyl/N-ethyl adjacent to an activating group) is 1. The Bertz CT molecular complexity index is 2190. The van der Waals surface area contributed by atoms with Crippen LogP contribution in [0, 0.1) is 0 Å². The number of unbranched alkanes of at least 4 members (excludes halogenated alkanes) is 1. The van der Waals surface area contributed by atoms with Gasteiger partial charge in [-0.15, -0.1) is 0 Å². The zero-order valence-electron chi connectivity index (χ0n) is 34.5. The Morgan fingerprint density at radius 3 is 2.47 bits per heavy atom. The van der Waals surface area contributed by atoms with Crippen molar-refractivity contribution < 1.29 is 30.2 Å². The number of carbonyl (C=O) groups excluding carboxylic acids is 6. The van der Waals surface area contributed by atoms with Crippen LogP contribution in [-0.4, -0.2) is 124 Å². The number of nitrogens with two attached hydrogens (primary N) is 1. The van der Waals surface area contributed by atoms with Gasteiger partial charge in [0, 0.05) is 78.4 Å². The lowest BCUT2D eigenvalue weighted by atomic mass is 9.74. The first-order valence-corrected chi connectivity index (χ1v) is 21.2. The highest BCUT2D eigenvalue weighted by molar-refractivity contribution is 6.05. The summed E-state index contributed by atoms with van der Waals surface area (Å²) >= 11 is 0. The molecule has 1 aromatic heterocycles. The van der Waals surface area contributed by atoms with Gasteiger partial charge in [-0.2, -0.15) is 0 Å². The number of fused-ring (bicyclic) bond motifs is 1. The molecule has 4 saturated heterocycles. The fraction of sp³-hybridized carbons (Fsp3) is 0.500. The maximum Gasteiger partial charge on any atom is 0.320 e. The highest BCUT2D eigenvalue weighted by atomic mass is 16.2. The molecule has 4 N–H and O–H groups in total. The molecule has 16 heteroatoms. The molecule has 5 aliphatic rings. The summed E-state index contributed by atoms with van der Waals surface area (Å²) in [5, 5.41) is 5.63. The second-order valence-electron chi connectivity index (χ2n) is 17.1. The van der Waals surface area contributed by atoms with Gasteiger partial charge < -0.3 is 35.6 Å². The molecule has 4 fully saturated rings. The van der Waals surface area contributed by atoms with Gasteiger partial charge in [0.2, 0.25) is 17.7 Å². The third kappa shape index (κ3) is 8.23. The number of benzene rings is 2. The number of imide groups is 1. The van der Waals surface area contributed by atoms with Crippen molar-refractivity contribution >= 4 is 52.9 Å². The zero-order chi connectivity index (χ0) is 42.1. The molecule has 318 valence electrons. The van der Waals surface area contributed by atoms with Crippen LogP contribution < -0.4 is 21.3 Å². The Hall–Kier alpha value is -6.06. The summed E-state index contributed by atoms with van der Waals surface area (Å²) in [5.74, 6) is -0.522. The Morgan fingerprint density at radius 2 is 1.75 bits per heavy atom. The minimum Gasteiger partial charge on any atom is -0.364 e. The van der Waals surface area contributed by atoms with Crippen LogP contribution in [0.5, 0.6) is 0 Å². The largest absolute Gasteiger partial charge is 0.364 e. The molecular weight excluding hydrogens is 765 g/mol. The Labute approximate surface area is 351 Å². The summed E-state index contributed by atoms with van der Waals surface area (Å²) in [6.45, 7) is 6.76. The number of rotatable bonds is 12. The predicted octanol–water partition coefficient (Wildman–Crippen LogP) is 3.96. The van der Waals surface area contributed by atoms with Crippen LogP contribution in [0.25, 0.3) is 0 Å². The van der Waals surface area contributed by atoms with Crippen molar-refractivity contribution in [2.75, 3.05) is 56.5 Å². The highest BCUT2D eigenvalue weighted by Gasteiger charge is 2.40. The average molecular weight is 821 g/mol. The van der Waals surface area contributed by atoms with Gasteiger partial charge in [0.15, 0.2) is 11.5 Å². The number of nitrogens with one attached hydrogen (secondary N) is 2. The molecule has 0 radical (unpaired) electrons. The second kappa shape index (κ2) is 16.9. The summed E-state index contributed by atoms with van der Waals surface area (Å²) in [6.07, 6.45) is 8.34. The van der Waals surface area contributed by atoms with Crippen molar-refractivity contribution in [3.05, 3.63) is 76.6 Å². The summed E-state index contributed by atoms with van der Waals surface area (Å²) in [7, 11) is 1.83. The van der Waals surface area contributed by atoms with Crippen LogP contribution in [0.3, 0.4) is 0 Å². The van der Waals surface area contributed by atoms with Crippen molar-refractivity contribution in [2.24, 2.45) is 5.73 Å². The van der Waals surface area contributed by atoms with Gasteiger partial charge in [-0.1, -0.05) is 31.2 Å². The number of aromatic nitrogens is 2. The molecule has 7 amide bonds. The number of anilines is 3. The van der Waals surface area contributed by atoms with Gasteiger partial charge in [0.05, 0.1) is 12.2 Å². The topological polar surface area (TPSA) is 194 Å². The Balaban J connectivity index is 0.00000561. The van der Waals surface area contributed by atoms with Crippen LogP contribution in [-0.2, 0) is 32.8 Å². The van der Waals surface area contributed by atoms with Gasteiger partial charge in [0.1, 0.15) is 11.9 Å². The minimum atomic E-state index is -0.679. The molecule has 6 heterocycles. The summed E-state index contributed by atoms with van der Waals surface area (Å²) < 4.78 is 0. The molecule has 0 bridgehead atoms. The lowest BCUT2D eigenvalue weighted by Gasteiger charge is -2.40. The third-order valence-electron chi connectivity index (χ3n) is 13.2. The van der Waals surface area contributed by atoms with E-state index in [1.54, 1.807) is 22.1 Å². The maximum absolute atomic E-state index is 13.3. The molecule has 16 nitrogen and oxygen atoms in total. The first kappa shape index (κ1) is 40.7. The predicted molar refractivity (Wildman–Crippen MR) is 226 cm³/mol. The molecule has 0 aliphatic carbocycles. The third-order valence-corrected chi connectivity index (χ3v) is 13.2. The van der Waals surface area contributed by atoms with E-state index >= 15 is 0 Å². The monoisotopic (exact) mass is 820 g/mol. The maximum atomic E-state index is 13.3. The van der Waals surface area contributed by atoms with Crippen molar-refractivity contribution in [3.8, 4) is 0 Å². The van der Waals surface area contributed by atoms with Gasteiger partial charge in [0.25, 0.3) is 11.8 Å². The fourth-order valence-corrected chi connectivity index (χ4v) is 9.49. The number of urea groups is 1. The number of carbonyl (C=O) groups is 6. The summed E-state index contributed by atoms with van der Waals surface area (Å²) in [6, 6.07) is 13.3.